The van der Waals surface area contributed by atoms with Gasteiger partial charge in [-0.1, -0.05) is 37.6 Å². The van der Waals surface area contributed by atoms with Crippen LogP contribution in [0.1, 0.15) is 32.3 Å². The normalized spacial score (nSPS) is 12.7. The molecular weight excluding hydrogens is 388 g/mol. The third-order valence-electron chi connectivity index (χ3n) is 3.99. The van der Waals surface area contributed by atoms with Gasteiger partial charge in [0.1, 0.15) is 10.6 Å². The lowest BCUT2D eigenvalue weighted by Crippen LogP contribution is -2.41. The fraction of sp³-hybridized carbons (Fsp3) is 0.316. The number of anilines is 1. The number of rotatable bonds is 7. The van der Waals surface area contributed by atoms with Crippen LogP contribution in [-0.2, 0) is 14.8 Å². The zero-order chi connectivity index (χ0) is 20.2. The Morgan fingerprint density at radius 3 is 2.26 bits per heavy atom. The molecule has 27 heavy (non-hydrogen) atoms. The molecule has 0 aliphatic heterocycles. The maximum absolute atomic E-state index is 12.6. The molecular formula is C19H23ClN2O4S. The maximum atomic E-state index is 12.6. The SMILES string of the molecule is COc1ccc(Cl)cc1S(=O)(=O)N[C@H](C)C(=O)Nc1ccc(C(C)C)cc1. The van der Waals surface area contributed by atoms with Crippen LogP contribution in [-0.4, -0.2) is 27.5 Å². The molecule has 2 aromatic rings. The number of amides is 1. The second-order valence-electron chi connectivity index (χ2n) is 6.40. The predicted molar refractivity (Wildman–Crippen MR) is 107 cm³/mol. The van der Waals surface area contributed by atoms with Gasteiger partial charge in [-0.15, -0.1) is 0 Å². The van der Waals surface area contributed by atoms with Crippen molar-refractivity contribution in [2.24, 2.45) is 0 Å². The number of carbonyl (C=O) groups excluding carboxylic acids is 1. The van der Waals surface area contributed by atoms with Gasteiger partial charge in [0.05, 0.1) is 13.2 Å². The number of nitrogens with one attached hydrogen (secondary N) is 2. The maximum Gasteiger partial charge on any atom is 0.245 e. The van der Waals surface area contributed by atoms with Crippen LogP contribution in [0.2, 0.25) is 5.02 Å². The number of hydrogen-bond acceptors (Lipinski definition) is 4. The Kier molecular flexibility index (Phi) is 6.86. The van der Waals surface area contributed by atoms with Gasteiger partial charge in [-0.05, 0) is 48.7 Å². The quantitative estimate of drug-likeness (QED) is 0.727. The van der Waals surface area contributed by atoms with Crippen molar-refractivity contribution in [3.8, 4) is 5.75 Å². The second-order valence-corrected chi connectivity index (χ2v) is 8.52. The summed E-state index contributed by atoms with van der Waals surface area (Å²) >= 11 is 5.89. The van der Waals surface area contributed by atoms with E-state index in [4.69, 9.17) is 16.3 Å². The second kappa shape index (κ2) is 8.73. The van der Waals surface area contributed by atoms with Gasteiger partial charge in [0.2, 0.25) is 15.9 Å². The summed E-state index contributed by atoms with van der Waals surface area (Å²) < 4.78 is 32.7. The number of ether oxygens (including phenoxy) is 1. The van der Waals surface area contributed by atoms with Gasteiger partial charge in [0, 0.05) is 10.7 Å². The summed E-state index contributed by atoms with van der Waals surface area (Å²) in [4.78, 5) is 12.2. The summed E-state index contributed by atoms with van der Waals surface area (Å²) in [6.45, 7) is 5.62. The van der Waals surface area contributed by atoms with Crippen molar-refractivity contribution >= 4 is 33.2 Å². The molecule has 1 atom stereocenters. The minimum Gasteiger partial charge on any atom is -0.495 e. The molecule has 0 unspecified atom stereocenters. The van der Waals surface area contributed by atoms with E-state index in [0.717, 1.165) is 5.56 Å². The summed E-state index contributed by atoms with van der Waals surface area (Å²) in [5.41, 5.74) is 1.74. The summed E-state index contributed by atoms with van der Waals surface area (Å²) in [6, 6.07) is 10.7. The molecule has 2 rings (SSSR count). The van der Waals surface area contributed by atoms with Crippen LogP contribution in [0.25, 0.3) is 0 Å². The average molecular weight is 411 g/mol. The molecule has 0 fully saturated rings. The van der Waals surface area contributed by atoms with Crippen LogP contribution >= 0.6 is 11.6 Å². The highest BCUT2D eigenvalue weighted by Crippen LogP contribution is 2.27. The zero-order valence-corrected chi connectivity index (χ0v) is 17.2. The standard InChI is InChI=1S/C19H23ClN2O4S/c1-12(2)14-5-8-16(9-6-14)21-19(23)13(3)22-27(24,25)18-11-15(20)7-10-17(18)26-4/h5-13,22H,1-4H3,(H,21,23)/t13-/m1/s1. The molecule has 2 N–H and O–H groups in total. The Labute approximate surface area is 164 Å². The van der Waals surface area contributed by atoms with Crippen molar-refractivity contribution in [3.05, 3.63) is 53.1 Å². The minimum atomic E-state index is -4.00. The molecule has 0 saturated heterocycles. The lowest BCUT2D eigenvalue weighted by molar-refractivity contribution is -0.117. The van der Waals surface area contributed by atoms with Gasteiger partial charge in [-0.3, -0.25) is 4.79 Å². The van der Waals surface area contributed by atoms with Gasteiger partial charge < -0.3 is 10.1 Å². The lowest BCUT2D eigenvalue weighted by Gasteiger charge is -2.16. The van der Waals surface area contributed by atoms with E-state index < -0.39 is 22.0 Å². The Morgan fingerprint density at radius 2 is 1.70 bits per heavy atom. The average Bonchev–Trinajstić information content (AvgIpc) is 2.61. The highest BCUT2D eigenvalue weighted by Gasteiger charge is 2.25. The molecule has 0 bridgehead atoms. The first-order chi connectivity index (χ1) is 12.6. The highest BCUT2D eigenvalue weighted by molar-refractivity contribution is 7.89. The van der Waals surface area contributed by atoms with E-state index in [2.05, 4.69) is 23.9 Å². The molecule has 0 radical (unpaired) electrons. The molecule has 0 aliphatic rings. The molecule has 0 aliphatic carbocycles. The van der Waals surface area contributed by atoms with E-state index in [9.17, 15) is 13.2 Å². The number of carbonyl (C=O) groups is 1. The summed E-state index contributed by atoms with van der Waals surface area (Å²) in [6.07, 6.45) is 0. The fourth-order valence-electron chi connectivity index (χ4n) is 2.41. The first-order valence-electron chi connectivity index (χ1n) is 8.40. The summed E-state index contributed by atoms with van der Waals surface area (Å²) in [7, 11) is -2.64. The molecule has 0 spiro atoms. The Balaban J connectivity index is 2.12. The number of halogens is 1. The van der Waals surface area contributed by atoms with E-state index in [1.54, 1.807) is 12.1 Å². The van der Waals surface area contributed by atoms with Gasteiger partial charge in [0.15, 0.2) is 0 Å². The predicted octanol–water partition coefficient (Wildman–Crippen LogP) is 3.78. The summed E-state index contributed by atoms with van der Waals surface area (Å²) in [5, 5.41) is 2.95. The number of methoxy groups -OCH3 is 1. The van der Waals surface area contributed by atoms with Crippen LogP contribution in [0.3, 0.4) is 0 Å². The van der Waals surface area contributed by atoms with Gasteiger partial charge in [-0.25, -0.2) is 8.42 Å². The van der Waals surface area contributed by atoms with E-state index in [1.165, 1.54) is 32.2 Å². The molecule has 2 aromatic carbocycles. The topological polar surface area (TPSA) is 84.5 Å². The van der Waals surface area contributed by atoms with Crippen molar-refractivity contribution in [3.63, 3.8) is 0 Å². The molecule has 1 amide bonds. The van der Waals surface area contributed by atoms with Crippen LogP contribution < -0.4 is 14.8 Å². The van der Waals surface area contributed by atoms with Crippen molar-refractivity contribution in [1.29, 1.82) is 0 Å². The van der Waals surface area contributed by atoms with Crippen LogP contribution in [0.4, 0.5) is 5.69 Å². The van der Waals surface area contributed by atoms with Crippen LogP contribution in [0.15, 0.2) is 47.4 Å². The van der Waals surface area contributed by atoms with Crippen molar-refractivity contribution < 1.29 is 17.9 Å². The first kappa shape index (κ1) is 21.2. The van der Waals surface area contributed by atoms with E-state index in [1.807, 2.05) is 12.1 Å². The number of sulfonamides is 1. The van der Waals surface area contributed by atoms with Crippen LogP contribution in [0.5, 0.6) is 5.75 Å². The van der Waals surface area contributed by atoms with E-state index in [-0.39, 0.29) is 15.7 Å². The Bertz CT molecular complexity index is 912. The molecule has 0 heterocycles. The van der Waals surface area contributed by atoms with Gasteiger partial charge in [-0.2, -0.15) is 4.72 Å². The van der Waals surface area contributed by atoms with Gasteiger partial charge in [0.25, 0.3) is 0 Å². The monoisotopic (exact) mass is 410 g/mol. The third-order valence-corrected chi connectivity index (χ3v) is 5.78. The Hall–Kier alpha value is -2.09. The number of hydrogen-bond donors (Lipinski definition) is 2. The molecule has 6 nitrogen and oxygen atoms in total. The van der Waals surface area contributed by atoms with E-state index >= 15 is 0 Å². The molecule has 0 saturated carbocycles. The minimum absolute atomic E-state index is 0.126. The highest BCUT2D eigenvalue weighted by atomic mass is 35.5. The number of benzene rings is 2. The van der Waals surface area contributed by atoms with Crippen LogP contribution in [0, 0.1) is 0 Å². The molecule has 0 aromatic heterocycles. The lowest BCUT2D eigenvalue weighted by atomic mass is 10.0. The van der Waals surface area contributed by atoms with Crippen molar-refractivity contribution in [2.45, 2.75) is 37.6 Å². The summed E-state index contributed by atoms with van der Waals surface area (Å²) in [5.74, 6) is 0.0498. The first-order valence-corrected chi connectivity index (χ1v) is 10.3. The molecule has 146 valence electrons. The largest absolute Gasteiger partial charge is 0.495 e. The fourth-order valence-corrected chi connectivity index (χ4v) is 4.05. The third kappa shape index (κ3) is 5.45. The smallest absolute Gasteiger partial charge is 0.245 e. The van der Waals surface area contributed by atoms with Crippen molar-refractivity contribution in [1.82, 2.24) is 4.72 Å². The van der Waals surface area contributed by atoms with Gasteiger partial charge >= 0.3 is 0 Å². The zero-order valence-electron chi connectivity index (χ0n) is 15.6. The Morgan fingerprint density at radius 1 is 1.07 bits per heavy atom. The van der Waals surface area contributed by atoms with E-state index in [0.29, 0.717) is 11.6 Å². The van der Waals surface area contributed by atoms with Crippen molar-refractivity contribution in [2.75, 3.05) is 12.4 Å². The molecule has 8 heteroatoms.